The summed E-state index contributed by atoms with van der Waals surface area (Å²) >= 11 is 3.50. The number of benzene rings is 1. The Hall–Kier alpha value is -0.570. The van der Waals surface area contributed by atoms with Crippen LogP contribution in [-0.4, -0.2) is 12.4 Å². The fourth-order valence-electron chi connectivity index (χ4n) is 1.58. The normalized spacial score (nSPS) is 14.6. The van der Waals surface area contributed by atoms with Gasteiger partial charge in [0.15, 0.2) is 11.6 Å². The van der Waals surface area contributed by atoms with Gasteiger partial charge in [-0.15, -0.1) is 0 Å². The van der Waals surface area contributed by atoms with Crippen LogP contribution in [0.2, 0.25) is 0 Å². The van der Waals surface area contributed by atoms with Gasteiger partial charge in [0.05, 0.1) is 7.11 Å². The van der Waals surface area contributed by atoms with Crippen LogP contribution < -0.4 is 4.74 Å². The van der Waals surface area contributed by atoms with Crippen LogP contribution in [0.5, 0.6) is 5.75 Å². The Bertz CT molecular complexity index is 348. The van der Waals surface area contributed by atoms with Gasteiger partial charge in [0, 0.05) is 5.33 Å². The molecule has 16 heavy (non-hydrogen) atoms. The molecular formula is C13H18BrFO. The highest BCUT2D eigenvalue weighted by Crippen LogP contribution is 2.31. The molecule has 0 aliphatic carbocycles. The number of ether oxygens (including phenoxy) is 1. The standard InChI is InChI=1S/C13H18BrFO/c1-4-13(2,9-14)8-10-6-5-7-11(16-3)12(10)15/h5-7H,4,8-9H2,1-3H3. The van der Waals surface area contributed by atoms with Crippen LogP contribution in [-0.2, 0) is 6.42 Å². The van der Waals surface area contributed by atoms with E-state index in [4.69, 9.17) is 4.74 Å². The average Bonchev–Trinajstić information content (AvgIpc) is 2.32. The first-order valence-electron chi connectivity index (χ1n) is 5.43. The smallest absolute Gasteiger partial charge is 0.168 e. The van der Waals surface area contributed by atoms with Gasteiger partial charge in [0.1, 0.15) is 0 Å². The Kier molecular flexibility index (Phi) is 4.78. The maximum atomic E-state index is 13.9. The molecule has 0 aliphatic rings. The largest absolute Gasteiger partial charge is 0.494 e. The number of hydrogen-bond acceptors (Lipinski definition) is 1. The van der Waals surface area contributed by atoms with Gasteiger partial charge >= 0.3 is 0 Å². The predicted molar refractivity (Wildman–Crippen MR) is 68.8 cm³/mol. The molecular weight excluding hydrogens is 271 g/mol. The van der Waals surface area contributed by atoms with E-state index in [-0.39, 0.29) is 11.2 Å². The van der Waals surface area contributed by atoms with Gasteiger partial charge in [-0.2, -0.15) is 0 Å². The Balaban J connectivity index is 2.97. The molecule has 0 fully saturated rings. The second-order valence-electron chi connectivity index (χ2n) is 4.41. The lowest BCUT2D eigenvalue weighted by molar-refractivity contribution is 0.346. The van der Waals surface area contributed by atoms with Crippen molar-refractivity contribution in [1.29, 1.82) is 0 Å². The molecule has 0 radical (unpaired) electrons. The van der Waals surface area contributed by atoms with E-state index in [1.165, 1.54) is 7.11 Å². The third-order valence-corrected chi connectivity index (χ3v) is 4.41. The maximum absolute atomic E-state index is 13.9. The zero-order valence-corrected chi connectivity index (χ0v) is 11.6. The number of methoxy groups -OCH3 is 1. The molecule has 0 saturated carbocycles. The first kappa shape index (κ1) is 13.5. The van der Waals surface area contributed by atoms with Crippen molar-refractivity contribution in [2.75, 3.05) is 12.4 Å². The number of hydrogen-bond donors (Lipinski definition) is 0. The Morgan fingerprint density at radius 2 is 2.12 bits per heavy atom. The first-order chi connectivity index (χ1) is 7.56. The average molecular weight is 289 g/mol. The first-order valence-corrected chi connectivity index (χ1v) is 6.56. The Morgan fingerprint density at radius 3 is 2.62 bits per heavy atom. The van der Waals surface area contributed by atoms with Gasteiger partial charge in [-0.3, -0.25) is 0 Å². The van der Waals surface area contributed by atoms with E-state index < -0.39 is 0 Å². The number of alkyl halides is 1. The van der Waals surface area contributed by atoms with Crippen LogP contribution in [0.25, 0.3) is 0 Å². The third-order valence-electron chi connectivity index (χ3n) is 3.06. The molecule has 0 heterocycles. The van der Waals surface area contributed by atoms with Crippen LogP contribution in [0.1, 0.15) is 25.8 Å². The molecule has 1 unspecified atom stereocenters. The summed E-state index contributed by atoms with van der Waals surface area (Å²) in [6, 6.07) is 5.31. The van der Waals surface area contributed by atoms with E-state index >= 15 is 0 Å². The fraction of sp³-hybridized carbons (Fsp3) is 0.538. The van der Waals surface area contributed by atoms with Gasteiger partial charge < -0.3 is 4.74 Å². The van der Waals surface area contributed by atoms with Crippen molar-refractivity contribution >= 4 is 15.9 Å². The van der Waals surface area contributed by atoms with E-state index in [9.17, 15) is 4.39 Å². The minimum Gasteiger partial charge on any atom is -0.494 e. The van der Waals surface area contributed by atoms with E-state index in [1.54, 1.807) is 6.07 Å². The molecule has 1 aromatic carbocycles. The number of rotatable bonds is 5. The van der Waals surface area contributed by atoms with Crippen LogP contribution in [0, 0.1) is 11.2 Å². The minimum absolute atomic E-state index is 0.0905. The summed E-state index contributed by atoms with van der Waals surface area (Å²) in [6.07, 6.45) is 1.73. The zero-order chi connectivity index (χ0) is 12.2. The zero-order valence-electron chi connectivity index (χ0n) is 10.0. The van der Waals surface area contributed by atoms with Crippen molar-refractivity contribution in [3.63, 3.8) is 0 Å². The molecule has 3 heteroatoms. The van der Waals surface area contributed by atoms with Crippen molar-refractivity contribution in [3.8, 4) is 5.75 Å². The molecule has 0 N–H and O–H groups in total. The molecule has 90 valence electrons. The quantitative estimate of drug-likeness (QED) is 0.739. The fourth-order valence-corrected chi connectivity index (χ4v) is 2.17. The van der Waals surface area contributed by atoms with Crippen LogP contribution in [0.3, 0.4) is 0 Å². The Labute approximate surface area is 105 Å². The van der Waals surface area contributed by atoms with Crippen LogP contribution >= 0.6 is 15.9 Å². The molecule has 0 bridgehead atoms. The highest BCUT2D eigenvalue weighted by molar-refractivity contribution is 9.09. The summed E-state index contributed by atoms with van der Waals surface area (Å²) in [6.45, 7) is 4.28. The highest BCUT2D eigenvalue weighted by Gasteiger charge is 2.23. The lowest BCUT2D eigenvalue weighted by Gasteiger charge is -2.26. The van der Waals surface area contributed by atoms with Crippen molar-refractivity contribution in [1.82, 2.24) is 0 Å². The van der Waals surface area contributed by atoms with Crippen molar-refractivity contribution < 1.29 is 9.13 Å². The van der Waals surface area contributed by atoms with Crippen molar-refractivity contribution in [2.45, 2.75) is 26.7 Å². The second-order valence-corrected chi connectivity index (χ2v) is 4.97. The molecule has 1 atom stereocenters. The molecule has 0 saturated heterocycles. The van der Waals surface area contributed by atoms with Gasteiger partial charge in [-0.05, 0) is 29.9 Å². The van der Waals surface area contributed by atoms with Crippen LogP contribution in [0.4, 0.5) is 4.39 Å². The topological polar surface area (TPSA) is 9.23 Å². The number of halogens is 2. The van der Waals surface area contributed by atoms with Crippen molar-refractivity contribution in [3.05, 3.63) is 29.6 Å². The van der Waals surface area contributed by atoms with Gasteiger partial charge in [-0.25, -0.2) is 4.39 Å². The lowest BCUT2D eigenvalue weighted by Crippen LogP contribution is -2.21. The maximum Gasteiger partial charge on any atom is 0.168 e. The van der Waals surface area contributed by atoms with Crippen molar-refractivity contribution in [2.24, 2.45) is 5.41 Å². The summed E-state index contributed by atoms with van der Waals surface area (Å²) in [5.74, 6) is 0.0937. The van der Waals surface area contributed by atoms with E-state index in [2.05, 4.69) is 29.8 Å². The van der Waals surface area contributed by atoms with Crippen LogP contribution in [0.15, 0.2) is 18.2 Å². The summed E-state index contributed by atoms with van der Waals surface area (Å²) in [4.78, 5) is 0. The molecule has 0 amide bonds. The second kappa shape index (κ2) is 5.67. The summed E-state index contributed by atoms with van der Waals surface area (Å²) in [7, 11) is 1.49. The summed E-state index contributed by atoms with van der Waals surface area (Å²) in [5, 5.41) is 0.868. The molecule has 1 nitrogen and oxygen atoms in total. The highest BCUT2D eigenvalue weighted by atomic mass is 79.9. The molecule has 0 aliphatic heterocycles. The Morgan fingerprint density at radius 1 is 1.44 bits per heavy atom. The monoisotopic (exact) mass is 288 g/mol. The molecule has 0 spiro atoms. The summed E-state index contributed by atoms with van der Waals surface area (Å²) < 4.78 is 18.9. The lowest BCUT2D eigenvalue weighted by atomic mass is 9.83. The van der Waals surface area contributed by atoms with Gasteiger partial charge in [-0.1, -0.05) is 41.9 Å². The molecule has 1 aromatic rings. The van der Waals surface area contributed by atoms with E-state index in [1.807, 2.05) is 12.1 Å². The predicted octanol–water partition coefficient (Wildman–Crippen LogP) is 4.19. The summed E-state index contributed by atoms with van der Waals surface area (Å²) in [5.41, 5.74) is 0.816. The minimum atomic E-state index is -0.231. The third kappa shape index (κ3) is 2.97. The van der Waals surface area contributed by atoms with E-state index in [0.717, 1.165) is 23.7 Å². The van der Waals surface area contributed by atoms with E-state index in [0.29, 0.717) is 5.75 Å². The van der Waals surface area contributed by atoms with Gasteiger partial charge in [0.2, 0.25) is 0 Å². The molecule has 0 aromatic heterocycles. The van der Waals surface area contributed by atoms with Gasteiger partial charge in [0.25, 0.3) is 0 Å². The SMILES string of the molecule is CCC(C)(CBr)Cc1cccc(OC)c1F. The molecule has 1 rings (SSSR count).